The van der Waals surface area contributed by atoms with Crippen LogP contribution in [0.2, 0.25) is 0 Å². The molecule has 0 aromatic heterocycles. The monoisotopic (exact) mass is 560 g/mol. The molecule has 2 bridgehead atoms. The number of fused-ring (bicyclic) bond motifs is 2. The summed E-state index contributed by atoms with van der Waals surface area (Å²) in [6.07, 6.45) is 1.37. The van der Waals surface area contributed by atoms with Crippen molar-refractivity contribution in [1.29, 1.82) is 0 Å². The van der Waals surface area contributed by atoms with E-state index >= 15 is 0 Å². The maximum Gasteiger partial charge on any atom is 0.264 e. The van der Waals surface area contributed by atoms with Gasteiger partial charge in [0.15, 0.2) is 6.61 Å². The lowest BCUT2D eigenvalue weighted by molar-refractivity contribution is -0.131. The number of benzene rings is 2. The van der Waals surface area contributed by atoms with E-state index in [4.69, 9.17) is 15.6 Å². The summed E-state index contributed by atoms with van der Waals surface area (Å²) in [5, 5.41) is 3.08. The van der Waals surface area contributed by atoms with E-state index in [1.807, 2.05) is 36.0 Å². The molecule has 170 valence electrons. The van der Waals surface area contributed by atoms with Crippen molar-refractivity contribution in [2.24, 2.45) is 0 Å². The van der Waals surface area contributed by atoms with Gasteiger partial charge in [-0.3, -0.25) is 9.59 Å². The molecule has 33 heavy (non-hydrogen) atoms. The highest BCUT2D eigenvalue weighted by Crippen LogP contribution is 2.51. The van der Waals surface area contributed by atoms with Crippen molar-refractivity contribution in [3.05, 3.63) is 70.7 Å². The van der Waals surface area contributed by atoms with Gasteiger partial charge in [0.1, 0.15) is 42.4 Å². The fraction of sp³-hybridized carbons (Fsp3) is 0.333. The molecule has 9 heteroatoms. The molecule has 6 nitrogen and oxygen atoms in total. The van der Waals surface area contributed by atoms with Crippen LogP contribution in [0.15, 0.2) is 53.7 Å². The lowest BCUT2D eigenvalue weighted by atomic mass is 9.62. The highest BCUT2D eigenvalue weighted by Gasteiger charge is 2.54. The lowest BCUT2D eigenvalue weighted by Gasteiger charge is -2.54. The highest BCUT2D eigenvalue weighted by molar-refractivity contribution is 14.1. The molecule has 2 aromatic rings. The molecule has 2 aromatic carbocycles. The van der Waals surface area contributed by atoms with Crippen LogP contribution in [0, 0.1) is 12.7 Å². The summed E-state index contributed by atoms with van der Waals surface area (Å²) >= 11 is 1.84. The lowest BCUT2D eigenvalue weighted by Crippen LogP contribution is -2.65. The summed E-state index contributed by atoms with van der Waals surface area (Å²) in [7, 11) is 7.63. The largest absolute Gasteiger partial charge is 0.484 e. The predicted octanol–water partition coefficient (Wildman–Crippen LogP) is 3.12. The van der Waals surface area contributed by atoms with Gasteiger partial charge < -0.3 is 18.0 Å². The molecule has 3 aliphatic carbocycles. The molecule has 1 saturated carbocycles. The van der Waals surface area contributed by atoms with Crippen LogP contribution in [-0.2, 0) is 7.86 Å². The van der Waals surface area contributed by atoms with Crippen molar-refractivity contribution in [3.8, 4) is 5.75 Å². The third-order valence-electron chi connectivity index (χ3n) is 6.43. The Morgan fingerprint density at radius 3 is 2.58 bits per heavy atom. The normalized spacial score (nSPS) is 21.3. The molecule has 2 amide bonds. The zero-order valence-electron chi connectivity index (χ0n) is 18.4. The minimum absolute atomic E-state index is 0.113. The van der Waals surface area contributed by atoms with Crippen molar-refractivity contribution >= 4 is 48.1 Å². The Morgan fingerprint density at radius 1 is 1.24 bits per heavy atom. The van der Waals surface area contributed by atoms with Gasteiger partial charge in [0.05, 0.1) is 11.6 Å². The van der Waals surface area contributed by atoms with Gasteiger partial charge >= 0.3 is 0 Å². The summed E-state index contributed by atoms with van der Waals surface area (Å²) in [4.78, 5) is 27.1. The van der Waals surface area contributed by atoms with Gasteiger partial charge in [-0.1, -0.05) is 17.1 Å². The number of hydrogen-bond donors (Lipinski definition) is 1. The molecule has 5 rings (SSSR count). The van der Waals surface area contributed by atoms with Crippen LogP contribution >= 0.6 is 23.0 Å². The summed E-state index contributed by atoms with van der Waals surface area (Å²) < 4.78 is 24.5. The van der Waals surface area contributed by atoms with Crippen LogP contribution in [0.3, 0.4) is 0 Å². The van der Waals surface area contributed by atoms with E-state index in [2.05, 4.69) is 5.32 Å². The number of carbonyl (C=O) groups excluding carboxylic acids is 2. The molecule has 3 aliphatic rings. The Hall–Kier alpha value is -2.40. The average molecular weight is 560 g/mol. The van der Waals surface area contributed by atoms with Gasteiger partial charge in [0, 0.05) is 24.7 Å². The first-order valence-electron chi connectivity index (χ1n) is 10.5. The van der Waals surface area contributed by atoms with Crippen LogP contribution in [0.25, 0.3) is 0 Å². The maximum atomic E-state index is 13.2. The smallest absolute Gasteiger partial charge is 0.264 e. The zero-order valence-corrected chi connectivity index (χ0v) is 20.5. The first kappa shape index (κ1) is 23.8. The van der Waals surface area contributed by atoms with E-state index in [1.54, 1.807) is 24.1 Å². The third kappa shape index (κ3) is 4.79. The number of nitrogens with one attached hydrogen (secondary N) is 1. The number of rotatable bonds is 7. The number of halogens is 2. The molecule has 1 fully saturated rings. The minimum atomic E-state index is -0.536. The Labute approximate surface area is 207 Å². The molecule has 0 heterocycles. The van der Waals surface area contributed by atoms with Crippen molar-refractivity contribution in [2.75, 3.05) is 13.7 Å². The van der Waals surface area contributed by atoms with E-state index in [9.17, 15) is 14.0 Å². The Balaban J connectivity index is 1.41. The Kier molecular flexibility index (Phi) is 6.81. The molecular formula is C24H23BFIN2O4. The van der Waals surface area contributed by atoms with Crippen LogP contribution in [0.1, 0.15) is 35.2 Å². The first-order valence-corrected chi connectivity index (χ1v) is 11.4. The van der Waals surface area contributed by atoms with E-state index in [0.717, 1.165) is 16.8 Å². The molecule has 1 unspecified atom stereocenters. The second kappa shape index (κ2) is 9.46. The van der Waals surface area contributed by atoms with Crippen molar-refractivity contribution in [3.63, 3.8) is 0 Å². The summed E-state index contributed by atoms with van der Waals surface area (Å²) in [6.45, 7) is 1.79. The second-order valence-electron chi connectivity index (χ2n) is 8.56. The number of hydrogen-bond acceptors (Lipinski definition) is 4. The summed E-state index contributed by atoms with van der Waals surface area (Å²) in [6, 6.07) is 10.8. The summed E-state index contributed by atoms with van der Waals surface area (Å²) in [5.74, 6) is -0.303. The Bertz CT molecular complexity index is 1110. The van der Waals surface area contributed by atoms with Gasteiger partial charge in [-0.2, -0.15) is 0 Å². The van der Waals surface area contributed by atoms with Crippen molar-refractivity contribution in [1.82, 2.24) is 10.2 Å². The van der Waals surface area contributed by atoms with E-state index in [-0.39, 0.29) is 24.5 Å². The van der Waals surface area contributed by atoms with Gasteiger partial charge in [-0.15, -0.1) is 0 Å². The quantitative estimate of drug-likeness (QED) is 0.418. The van der Waals surface area contributed by atoms with Crippen LogP contribution in [0.4, 0.5) is 4.39 Å². The number of nitrogens with zero attached hydrogens (tertiary/aromatic N) is 1. The molecule has 2 radical (unpaired) electrons. The minimum Gasteiger partial charge on any atom is -0.484 e. The number of likely N-dealkylation sites (N-methyl/N-ethyl adjacent to an activating group) is 1. The topological polar surface area (TPSA) is 67.9 Å². The van der Waals surface area contributed by atoms with Crippen LogP contribution in [-0.4, -0.2) is 49.9 Å². The number of ether oxygens (including phenoxy) is 1. The number of amides is 2. The molecule has 0 saturated heterocycles. The van der Waals surface area contributed by atoms with Crippen molar-refractivity contribution < 1.29 is 21.8 Å². The highest BCUT2D eigenvalue weighted by atomic mass is 127. The number of aryl methyl sites for hydroxylation is 1. The SMILES string of the molecule is [B]c1cc(OCC(=O)N(C)C2=C3CC(NC(=O)c4ccc(F)cc4)(C3)C(OI)C2)ccc1C. The van der Waals surface area contributed by atoms with Gasteiger partial charge in [0.2, 0.25) is 0 Å². The van der Waals surface area contributed by atoms with Gasteiger partial charge in [0.25, 0.3) is 11.8 Å². The van der Waals surface area contributed by atoms with Gasteiger partial charge in [-0.25, -0.2) is 4.39 Å². The zero-order chi connectivity index (χ0) is 23.8. The third-order valence-corrected chi connectivity index (χ3v) is 7.04. The van der Waals surface area contributed by atoms with E-state index < -0.39 is 11.4 Å². The maximum absolute atomic E-state index is 13.2. The first-order chi connectivity index (χ1) is 15.7. The van der Waals surface area contributed by atoms with Gasteiger partial charge in [-0.05, 0) is 61.7 Å². The summed E-state index contributed by atoms with van der Waals surface area (Å²) in [5.41, 5.74) is 3.42. The fourth-order valence-electron chi connectivity index (χ4n) is 4.32. The fourth-order valence-corrected chi connectivity index (χ4v) is 4.98. The molecule has 0 spiro atoms. The van der Waals surface area contributed by atoms with E-state index in [1.165, 1.54) is 24.3 Å². The molecule has 1 N–H and O–H groups in total. The molecule has 1 atom stereocenters. The average Bonchev–Trinajstić information content (AvgIpc) is 2.78. The Morgan fingerprint density at radius 2 is 1.94 bits per heavy atom. The van der Waals surface area contributed by atoms with E-state index in [0.29, 0.717) is 36.0 Å². The van der Waals surface area contributed by atoms with Crippen LogP contribution < -0.4 is 15.5 Å². The second-order valence-corrected chi connectivity index (χ2v) is 9.07. The molecular weight excluding hydrogens is 537 g/mol. The van der Waals surface area contributed by atoms with Crippen LogP contribution in [0.5, 0.6) is 5.75 Å². The molecule has 0 aliphatic heterocycles. The standard InChI is InChI=1S/C24H23BFIN2O4/c1-14-3-8-18(9-19(14)25)32-13-22(30)29(2)20-10-21(33-27)24(11-16(20)12-24)28-23(31)15-4-6-17(26)7-5-15/h3-9,21H,10-13H2,1-2H3,(H,28,31). The van der Waals surface area contributed by atoms with Crippen molar-refractivity contribution in [2.45, 2.75) is 37.8 Å². The number of carbonyl (C=O) groups is 2. The predicted molar refractivity (Wildman–Crippen MR) is 131 cm³/mol.